The molecule has 0 bridgehead atoms. The van der Waals surface area contributed by atoms with Crippen LogP contribution in [-0.4, -0.2) is 60.1 Å². The van der Waals surface area contributed by atoms with E-state index in [1.807, 2.05) is 0 Å². The van der Waals surface area contributed by atoms with Gasteiger partial charge in [-0.15, -0.1) is 0 Å². The highest BCUT2D eigenvalue weighted by atomic mass is 16.8. The van der Waals surface area contributed by atoms with Crippen molar-refractivity contribution >= 4 is 11.9 Å². The molecular weight excluding hydrogens is 320 g/mol. The number of ether oxygens (including phenoxy) is 6. The van der Waals surface area contributed by atoms with Crippen LogP contribution >= 0.6 is 0 Å². The number of hydrogen-bond donors (Lipinski definition) is 0. The van der Waals surface area contributed by atoms with Crippen LogP contribution in [0.4, 0.5) is 0 Å². The molecule has 0 amide bonds. The first-order chi connectivity index (χ1) is 11.0. The summed E-state index contributed by atoms with van der Waals surface area (Å²) in [5.74, 6) is -2.75. The standard InChI is InChI=1S/C16H24O8/c1-7(17)19-9-10(20-8(2)18)12-14(24-16(5,6)22-12)13-11(9)21-15(3,4)23-13/h9-14H,1-6H3/t9-,10-,11+,12+,13+,14+/m1/s1. The average Bonchev–Trinajstić information content (AvgIpc) is 2.88. The smallest absolute Gasteiger partial charge is 0.303 e. The molecule has 0 spiro atoms. The second-order valence-electron chi connectivity index (χ2n) is 7.28. The van der Waals surface area contributed by atoms with E-state index in [1.165, 1.54) is 13.8 Å². The Bertz CT molecular complexity index is 494. The first-order valence-corrected chi connectivity index (χ1v) is 8.05. The third-order valence-electron chi connectivity index (χ3n) is 4.23. The minimum absolute atomic E-state index is 0.497. The molecule has 6 atom stereocenters. The number of fused-ring (bicyclic) bond motifs is 3. The van der Waals surface area contributed by atoms with E-state index in [0.29, 0.717) is 0 Å². The average molecular weight is 344 g/mol. The molecule has 2 saturated heterocycles. The van der Waals surface area contributed by atoms with Crippen molar-refractivity contribution in [1.82, 2.24) is 0 Å². The van der Waals surface area contributed by atoms with Crippen LogP contribution in [0.15, 0.2) is 0 Å². The number of carbonyl (C=O) groups excluding carboxylic acids is 2. The maximum Gasteiger partial charge on any atom is 0.303 e. The van der Waals surface area contributed by atoms with Gasteiger partial charge in [0.25, 0.3) is 0 Å². The molecule has 0 aromatic heterocycles. The Hall–Kier alpha value is -1.22. The van der Waals surface area contributed by atoms with Crippen LogP contribution in [0.5, 0.6) is 0 Å². The lowest BCUT2D eigenvalue weighted by atomic mass is 9.84. The molecule has 2 aliphatic heterocycles. The van der Waals surface area contributed by atoms with E-state index in [2.05, 4.69) is 0 Å². The predicted molar refractivity (Wildman–Crippen MR) is 78.8 cm³/mol. The Balaban J connectivity index is 1.98. The predicted octanol–water partition coefficient (Wildman–Crippen LogP) is 0.904. The molecule has 8 heteroatoms. The van der Waals surface area contributed by atoms with E-state index in [4.69, 9.17) is 28.4 Å². The molecule has 0 N–H and O–H groups in total. The van der Waals surface area contributed by atoms with Crippen LogP contribution in [0.2, 0.25) is 0 Å². The highest BCUT2D eigenvalue weighted by Crippen LogP contribution is 2.46. The second kappa shape index (κ2) is 5.66. The molecule has 3 aliphatic rings. The molecule has 1 aliphatic carbocycles. The van der Waals surface area contributed by atoms with E-state index in [-0.39, 0.29) is 0 Å². The van der Waals surface area contributed by atoms with Crippen molar-refractivity contribution in [3.63, 3.8) is 0 Å². The summed E-state index contributed by atoms with van der Waals surface area (Å²) in [7, 11) is 0. The Morgan fingerprint density at radius 2 is 0.958 bits per heavy atom. The zero-order chi connectivity index (χ0) is 17.9. The number of carbonyl (C=O) groups is 2. The Morgan fingerprint density at radius 1 is 0.667 bits per heavy atom. The van der Waals surface area contributed by atoms with Crippen LogP contribution in [-0.2, 0) is 38.0 Å². The van der Waals surface area contributed by atoms with Crippen LogP contribution in [0.25, 0.3) is 0 Å². The summed E-state index contributed by atoms with van der Waals surface area (Å²) in [4.78, 5) is 23.2. The maximum atomic E-state index is 11.6. The van der Waals surface area contributed by atoms with Gasteiger partial charge >= 0.3 is 11.9 Å². The van der Waals surface area contributed by atoms with Gasteiger partial charge in [-0.05, 0) is 27.7 Å². The summed E-state index contributed by atoms with van der Waals surface area (Å²) in [5.41, 5.74) is 0. The first-order valence-electron chi connectivity index (χ1n) is 8.05. The molecule has 0 unspecified atom stereocenters. The molecule has 24 heavy (non-hydrogen) atoms. The highest BCUT2D eigenvalue weighted by molar-refractivity contribution is 5.67. The normalized spacial score (nSPS) is 42.1. The van der Waals surface area contributed by atoms with Gasteiger partial charge in [0.05, 0.1) is 0 Å². The minimum Gasteiger partial charge on any atom is -0.456 e. The fraction of sp³-hybridized carbons (Fsp3) is 0.875. The summed E-state index contributed by atoms with van der Waals surface area (Å²) < 4.78 is 34.7. The quantitative estimate of drug-likeness (QED) is 0.683. The van der Waals surface area contributed by atoms with Gasteiger partial charge in [0.15, 0.2) is 23.8 Å². The molecule has 136 valence electrons. The molecule has 0 aromatic carbocycles. The van der Waals surface area contributed by atoms with Crippen molar-refractivity contribution in [2.45, 2.75) is 89.7 Å². The Labute approximate surface area is 140 Å². The zero-order valence-corrected chi connectivity index (χ0v) is 14.7. The minimum atomic E-state index is -0.876. The second-order valence-corrected chi connectivity index (χ2v) is 7.28. The molecule has 3 fully saturated rings. The Morgan fingerprint density at radius 3 is 1.25 bits per heavy atom. The topological polar surface area (TPSA) is 89.5 Å². The van der Waals surface area contributed by atoms with E-state index < -0.39 is 60.1 Å². The number of hydrogen-bond acceptors (Lipinski definition) is 8. The fourth-order valence-corrected chi connectivity index (χ4v) is 3.68. The third kappa shape index (κ3) is 3.15. The van der Waals surface area contributed by atoms with Crippen molar-refractivity contribution < 1.29 is 38.0 Å². The maximum absolute atomic E-state index is 11.6. The van der Waals surface area contributed by atoms with Gasteiger partial charge < -0.3 is 28.4 Å². The van der Waals surface area contributed by atoms with E-state index >= 15 is 0 Å². The monoisotopic (exact) mass is 344 g/mol. The molecule has 0 radical (unpaired) electrons. The summed E-state index contributed by atoms with van der Waals surface area (Å²) in [6.45, 7) is 9.67. The highest BCUT2D eigenvalue weighted by Gasteiger charge is 2.65. The number of rotatable bonds is 2. The fourth-order valence-electron chi connectivity index (χ4n) is 3.68. The molecule has 0 aromatic rings. The molecular formula is C16H24O8. The van der Waals surface area contributed by atoms with Crippen molar-refractivity contribution in [1.29, 1.82) is 0 Å². The van der Waals surface area contributed by atoms with Crippen molar-refractivity contribution in [3.8, 4) is 0 Å². The summed E-state index contributed by atoms with van der Waals surface area (Å²) in [6, 6.07) is 0. The summed E-state index contributed by atoms with van der Waals surface area (Å²) in [5, 5.41) is 0. The van der Waals surface area contributed by atoms with Gasteiger partial charge in [-0.2, -0.15) is 0 Å². The first kappa shape index (κ1) is 17.6. The van der Waals surface area contributed by atoms with Gasteiger partial charge in [-0.3, -0.25) is 9.59 Å². The SMILES string of the molecule is CC(=O)O[C@@H]1[C@@H](OC(C)=O)[C@@H]2OC(C)(C)O[C@@H]2[C@H]2OC(C)(C)O[C@@H]12. The number of esters is 2. The van der Waals surface area contributed by atoms with Gasteiger partial charge in [0.2, 0.25) is 0 Å². The third-order valence-corrected chi connectivity index (χ3v) is 4.23. The molecule has 1 saturated carbocycles. The Kier molecular flexibility index (Phi) is 4.15. The van der Waals surface area contributed by atoms with E-state index in [9.17, 15) is 9.59 Å². The van der Waals surface area contributed by atoms with Crippen LogP contribution < -0.4 is 0 Å². The van der Waals surface area contributed by atoms with Gasteiger partial charge in [-0.25, -0.2) is 0 Å². The molecule has 2 heterocycles. The van der Waals surface area contributed by atoms with Crippen molar-refractivity contribution in [2.24, 2.45) is 0 Å². The van der Waals surface area contributed by atoms with Crippen molar-refractivity contribution in [2.75, 3.05) is 0 Å². The van der Waals surface area contributed by atoms with Gasteiger partial charge in [-0.1, -0.05) is 0 Å². The van der Waals surface area contributed by atoms with Gasteiger partial charge in [0.1, 0.15) is 24.4 Å². The van der Waals surface area contributed by atoms with Crippen LogP contribution in [0, 0.1) is 0 Å². The van der Waals surface area contributed by atoms with Crippen LogP contribution in [0.1, 0.15) is 41.5 Å². The zero-order valence-electron chi connectivity index (χ0n) is 14.7. The lowest BCUT2D eigenvalue weighted by Crippen LogP contribution is -2.63. The lowest BCUT2D eigenvalue weighted by Gasteiger charge is -2.41. The van der Waals surface area contributed by atoms with E-state index in [1.54, 1.807) is 27.7 Å². The molecule has 8 nitrogen and oxygen atoms in total. The lowest BCUT2D eigenvalue weighted by molar-refractivity contribution is -0.209. The van der Waals surface area contributed by atoms with E-state index in [0.717, 1.165) is 0 Å². The summed E-state index contributed by atoms with van der Waals surface area (Å²) >= 11 is 0. The largest absolute Gasteiger partial charge is 0.456 e. The van der Waals surface area contributed by atoms with Crippen molar-refractivity contribution in [3.05, 3.63) is 0 Å². The van der Waals surface area contributed by atoms with Gasteiger partial charge in [0, 0.05) is 13.8 Å². The summed E-state index contributed by atoms with van der Waals surface area (Å²) in [6.07, 6.45) is -3.90. The molecule has 3 rings (SSSR count). The van der Waals surface area contributed by atoms with Crippen LogP contribution in [0.3, 0.4) is 0 Å².